The average Bonchev–Trinajstić information content (AvgIpc) is 2.30. The van der Waals surface area contributed by atoms with Crippen molar-refractivity contribution in [1.29, 1.82) is 0 Å². The van der Waals surface area contributed by atoms with Crippen LogP contribution in [0.4, 0.5) is 17.1 Å². The van der Waals surface area contributed by atoms with Crippen molar-refractivity contribution in [3.05, 3.63) is 52.6 Å². The maximum atomic E-state index is 6.12. The van der Waals surface area contributed by atoms with Gasteiger partial charge in [-0.1, -0.05) is 23.8 Å². The number of hydrogen-bond donors (Lipinski definition) is 1. The van der Waals surface area contributed by atoms with Crippen molar-refractivity contribution in [2.75, 3.05) is 17.7 Å². The van der Waals surface area contributed by atoms with E-state index in [1.165, 1.54) is 27.9 Å². The lowest BCUT2D eigenvalue weighted by Gasteiger charge is -2.26. The first-order chi connectivity index (χ1) is 8.90. The standard InChI is InChI=1S/C17H22N2/c1-11-6-7-15(18)16(10-11)19(5)17-13(3)8-12(2)9-14(17)4/h6-10H,18H2,1-5H3. The molecule has 19 heavy (non-hydrogen) atoms. The van der Waals surface area contributed by atoms with Gasteiger partial charge in [0.15, 0.2) is 0 Å². The number of benzene rings is 2. The SMILES string of the molecule is Cc1cc(C)c(N(C)c2cc(C)ccc2N)c(C)c1. The van der Waals surface area contributed by atoms with Crippen LogP contribution in [0.1, 0.15) is 22.3 Å². The monoisotopic (exact) mass is 254 g/mol. The van der Waals surface area contributed by atoms with Crippen LogP contribution in [0.2, 0.25) is 0 Å². The van der Waals surface area contributed by atoms with E-state index < -0.39 is 0 Å². The summed E-state index contributed by atoms with van der Waals surface area (Å²) in [6.45, 7) is 8.52. The van der Waals surface area contributed by atoms with Gasteiger partial charge in [0.1, 0.15) is 0 Å². The summed E-state index contributed by atoms with van der Waals surface area (Å²) in [4.78, 5) is 2.19. The van der Waals surface area contributed by atoms with Gasteiger partial charge >= 0.3 is 0 Å². The first kappa shape index (κ1) is 13.5. The number of hydrogen-bond acceptors (Lipinski definition) is 2. The maximum Gasteiger partial charge on any atom is 0.0644 e. The fourth-order valence-corrected chi connectivity index (χ4v) is 2.77. The van der Waals surface area contributed by atoms with Gasteiger partial charge in [-0.3, -0.25) is 0 Å². The molecule has 2 aromatic carbocycles. The molecule has 0 unspecified atom stereocenters. The lowest BCUT2D eigenvalue weighted by Crippen LogP contribution is -2.14. The fraction of sp³-hybridized carbons (Fsp3) is 0.294. The minimum atomic E-state index is 0.812. The van der Waals surface area contributed by atoms with Crippen molar-refractivity contribution >= 4 is 17.1 Å². The summed E-state index contributed by atoms with van der Waals surface area (Å²) in [5, 5.41) is 0. The molecule has 0 saturated carbocycles. The second kappa shape index (κ2) is 4.96. The molecule has 0 saturated heterocycles. The van der Waals surface area contributed by atoms with Gasteiger partial charge in [0.2, 0.25) is 0 Å². The Balaban J connectivity index is 2.56. The van der Waals surface area contributed by atoms with E-state index in [-0.39, 0.29) is 0 Å². The molecule has 2 aromatic rings. The summed E-state index contributed by atoms with van der Waals surface area (Å²) < 4.78 is 0. The Morgan fingerprint density at radius 2 is 1.42 bits per heavy atom. The summed E-state index contributed by atoms with van der Waals surface area (Å²) in [6.07, 6.45) is 0. The Morgan fingerprint density at radius 3 is 2.00 bits per heavy atom. The number of nitrogens with zero attached hydrogens (tertiary/aromatic N) is 1. The van der Waals surface area contributed by atoms with Crippen molar-refractivity contribution in [3.63, 3.8) is 0 Å². The minimum Gasteiger partial charge on any atom is -0.397 e. The van der Waals surface area contributed by atoms with E-state index in [1.807, 2.05) is 12.1 Å². The fourth-order valence-electron chi connectivity index (χ4n) is 2.77. The quantitative estimate of drug-likeness (QED) is 0.811. The van der Waals surface area contributed by atoms with E-state index >= 15 is 0 Å². The van der Waals surface area contributed by atoms with E-state index in [2.05, 4.69) is 57.8 Å². The molecule has 2 heteroatoms. The maximum absolute atomic E-state index is 6.12. The van der Waals surface area contributed by atoms with E-state index in [9.17, 15) is 0 Å². The number of aryl methyl sites for hydroxylation is 4. The van der Waals surface area contributed by atoms with E-state index in [1.54, 1.807) is 0 Å². The van der Waals surface area contributed by atoms with Crippen LogP contribution in [0.3, 0.4) is 0 Å². The predicted octanol–water partition coefficient (Wildman–Crippen LogP) is 4.27. The van der Waals surface area contributed by atoms with Gasteiger partial charge in [-0.15, -0.1) is 0 Å². The third kappa shape index (κ3) is 2.58. The number of nitrogen functional groups attached to an aromatic ring is 1. The highest BCUT2D eigenvalue weighted by molar-refractivity contribution is 5.78. The molecular formula is C17H22N2. The van der Waals surface area contributed by atoms with Crippen molar-refractivity contribution in [2.24, 2.45) is 0 Å². The molecule has 0 radical (unpaired) electrons. The van der Waals surface area contributed by atoms with Crippen molar-refractivity contribution < 1.29 is 0 Å². The third-order valence-corrected chi connectivity index (χ3v) is 3.52. The number of anilines is 3. The summed E-state index contributed by atoms with van der Waals surface area (Å²) in [5.74, 6) is 0. The second-order valence-electron chi connectivity index (χ2n) is 5.37. The van der Waals surface area contributed by atoms with Crippen LogP contribution >= 0.6 is 0 Å². The summed E-state index contributed by atoms with van der Waals surface area (Å²) in [5.41, 5.74) is 14.3. The molecule has 2 N–H and O–H groups in total. The molecule has 100 valence electrons. The zero-order valence-corrected chi connectivity index (χ0v) is 12.4. The molecule has 0 heterocycles. The topological polar surface area (TPSA) is 29.3 Å². The van der Waals surface area contributed by atoms with Crippen LogP contribution in [0.5, 0.6) is 0 Å². The molecule has 0 aromatic heterocycles. The van der Waals surface area contributed by atoms with Crippen molar-refractivity contribution in [1.82, 2.24) is 0 Å². The second-order valence-corrected chi connectivity index (χ2v) is 5.37. The van der Waals surface area contributed by atoms with Crippen LogP contribution in [-0.2, 0) is 0 Å². The minimum absolute atomic E-state index is 0.812. The van der Waals surface area contributed by atoms with Gasteiger partial charge < -0.3 is 10.6 Å². The smallest absolute Gasteiger partial charge is 0.0644 e. The molecule has 0 amide bonds. The average molecular weight is 254 g/mol. The van der Waals surface area contributed by atoms with Gasteiger partial charge in [0, 0.05) is 12.7 Å². The molecule has 0 aliphatic rings. The van der Waals surface area contributed by atoms with E-state index in [0.29, 0.717) is 0 Å². The molecule has 2 nitrogen and oxygen atoms in total. The van der Waals surface area contributed by atoms with Gasteiger partial charge in [0.25, 0.3) is 0 Å². The Morgan fingerprint density at radius 1 is 0.842 bits per heavy atom. The van der Waals surface area contributed by atoms with Crippen LogP contribution in [0.15, 0.2) is 30.3 Å². The lowest BCUT2D eigenvalue weighted by atomic mass is 10.0. The van der Waals surface area contributed by atoms with Crippen LogP contribution in [-0.4, -0.2) is 7.05 Å². The molecule has 0 fully saturated rings. The highest BCUT2D eigenvalue weighted by Gasteiger charge is 2.13. The molecule has 0 bridgehead atoms. The molecule has 0 atom stereocenters. The van der Waals surface area contributed by atoms with E-state index in [4.69, 9.17) is 5.73 Å². The third-order valence-electron chi connectivity index (χ3n) is 3.52. The summed E-state index contributed by atoms with van der Waals surface area (Å²) >= 11 is 0. The largest absolute Gasteiger partial charge is 0.397 e. The van der Waals surface area contributed by atoms with Crippen LogP contribution < -0.4 is 10.6 Å². The molecule has 2 rings (SSSR count). The molecule has 0 aliphatic carbocycles. The molecule has 0 spiro atoms. The first-order valence-corrected chi connectivity index (χ1v) is 6.58. The Kier molecular flexibility index (Phi) is 3.52. The lowest BCUT2D eigenvalue weighted by molar-refractivity contribution is 1.15. The number of nitrogens with two attached hydrogens (primary N) is 1. The molecule has 0 aliphatic heterocycles. The predicted molar refractivity (Wildman–Crippen MR) is 84.3 cm³/mol. The molecular weight excluding hydrogens is 232 g/mol. The van der Waals surface area contributed by atoms with Gasteiger partial charge in [-0.2, -0.15) is 0 Å². The van der Waals surface area contributed by atoms with Crippen LogP contribution in [0, 0.1) is 27.7 Å². The Labute approximate surface area is 115 Å². The Bertz CT molecular complexity index is 592. The van der Waals surface area contributed by atoms with E-state index in [0.717, 1.165) is 11.4 Å². The van der Waals surface area contributed by atoms with Gasteiger partial charge in [-0.05, 0) is 56.5 Å². The zero-order valence-electron chi connectivity index (χ0n) is 12.4. The normalized spacial score (nSPS) is 10.6. The van der Waals surface area contributed by atoms with Crippen LogP contribution in [0.25, 0.3) is 0 Å². The number of rotatable bonds is 2. The highest BCUT2D eigenvalue weighted by Crippen LogP contribution is 2.34. The highest BCUT2D eigenvalue weighted by atomic mass is 15.1. The van der Waals surface area contributed by atoms with Gasteiger partial charge in [-0.25, -0.2) is 0 Å². The van der Waals surface area contributed by atoms with Crippen molar-refractivity contribution in [2.45, 2.75) is 27.7 Å². The van der Waals surface area contributed by atoms with Gasteiger partial charge in [0.05, 0.1) is 11.4 Å². The zero-order chi connectivity index (χ0) is 14.2. The summed E-state index contributed by atoms with van der Waals surface area (Å²) in [6, 6.07) is 10.6. The summed E-state index contributed by atoms with van der Waals surface area (Å²) in [7, 11) is 2.08. The van der Waals surface area contributed by atoms with Crippen molar-refractivity contribution in [3.8, 4) is 0 Å². The first-order valence-electron chi connectivity index (χ1n) is 6.58. The Hall–Kier alpha value is -1.96.